The van der Waals surface area contributed by atoms with Crippen LogP contribution in [-0.4, -0.2) is 37.0 Å². The Morgan fingerprint density at radius 3 is 2.61 bits per heavy atom. The molecule has 104 valence electrons. The highest BCUT2D eigenvalue weighted by molar-refractivity contribution is 5.83. The van der Waals surface area contributed by atoms with Crippen LogP contribution in [0.25, 0.3) is 0 Å². The Morgan fingerprint density at radius 2 is 2.11 bits per heavy atom. The Labute approximate surface area is 111 Å². The lowest BCUT2D eigenvalue weighted by Gasteiger charge is -2.39. The van der Waals surface area contributed by atoms with Crippen molar-refractivity contribution in [2.24, 2.45) is 10.8 Å². The molecule has 2 heterocycles. The summed E-state index contributed by atoms with van der Waals surface area (Å²) in [5.74, 6) is 0.419. The van der Waals surface area contributed by atoms with Gasteiger partial charge in [0.1, 0.15) is 0 Å². The van der Waals surface area contributed by atoms with Crippen LogP contribution in [0.5, 0.6) is 0 Å². The number of likely N-dealkylation sites (tertiary alicyclic amines) is 1. The number of rotatable bonds is 3. The van der Waals surface area contributed by atoms with E-state index in [2.05, 4.69) is 31.0 Å². The summed E-state index contributed by atoms with van der Waals surface area (Å²) >= 11 is 0. The maximum Gasteiger partial charge on any atom is 0.230 e. The summed E-state index contributed by atoms with van der Waals surface area (Å²) in [5.41, 5.74) is 0.207. The van der Waals surface area contributed by atoms with Gasteiger partial charge in [-0.1, -0.05) is 27.2 Å². The molecule has 0 bridgehead atoms. The van der Waals surface area contributed by atoms with Gasteiger partial charge in [-0.05, 0) is 37.6 Å². The van der Waals surface area contributed by atoms with Gasteiger partial charge in [-0.15, -0.1) is 0 Å². The normalized spacial score (nSPS) is 31.6. The fourth-order valence-corrected chi connectivity index (χ4v) is 3.57. The van der Waals surface area contributed by atoms with Crippen LogP contribution in [0.3, 0.4) is 0 Å². The average Bonchev–Trinajstić information content (AvgIpc) is 2.70. The minimum Gasteiger partial charge on any atom is -0.342 e. The van der Waals surface area contributed by atoms with Gasteiger partial charge in [0.15, 0.2) is 0 Å². The van der Waals surface area contributed by atoms with Crippen molar-refractivity contribution in [2.45, 2.75) is 52.9 Å². The molecule has 0 radical (unpaired) electrons. The highest BCUT2D eigenvalue weighted by atomic mass is 16.2. The van der Waals surface area contributed by atoms with Gasteiger partial charge in [-0.25, -0.2) is 0 Å². The average molecular weight is 252 g/mol. The molecule has 3 nitrogen and oxygen atoms in total. The second-order valence-electron chi connectivity index (χ2n) is 6.95. The maximum atomic E-state index is 12.9. The van der Waals surface area contributed by atoms with Crippen LogP contribution in [0.2, 0.25) is 0 Å². The van der Waals surface area contributed by atoms with E-state index in [1.54, 1.807) is 0 Å². The van der Waals surface area contributed by atoms with Gasteiger partial charge >= 0.3 is 0 Å². The molecule has 0 aliphatic carbocycles. The molecule has 0 aromatic rings. The van der Waals surface area contributed by atoms with E-state index in [1.807, 2.05) is 0 Å². The third-order valence-corrected chi connectivity index (χ3v) is 4.62. The second-order valence-corrected chi connectivity index (χ2v) is 6.95. The van der Waals surface area contributed by atoms with Crippen molar-refractivity contribution in [3.05, 3.63) is 0 Å². The van der Waals surface area contributed by atoms with Gasteiger partial charge in [0.2, 0.25) is 5.91 Å². The Morgan fingerprint density at radius 1 is 1.33 bits per heavy atom. The largest absolute Gasteiger partial charge is 0.342 e. The van der Waals surface area contributed by atoms with Crippen LogP contribution in [0.4, 0.5) is 0 Å². The molecule has 1 amide bonds. The summed E-state index contributed by atoms with van der Waals surface area (Å²) < 4.78 is 0. The van der Waals surface area contributed by atoms with Gasteiger partial charge in [0, 0.05) is 19.6 Å². The first-order chi connectivity index (χ1) is 8.49. The number of hydrogen-bond acceptors (Lipinski definition) is 2. The van der Waals surface area contributed by atoms with Gasteiger partial charge in [0.05, 0.1) is 5.41 Å². The van der Waals surface area contributed by atoms with Crippen molar-refractivity contribution < 1.29 is 4.79 Å². The summed E-state index contributed by atoms with van der Waals surface area (Å²) in [4.78, 5) is 15.0. The number of nitrogens with zero attached hydrogens (tertiary/aromatic N) is 1. The van der Waals surface area contributed by atoms with E-state index in [9.17, 15) is 4.79 Å². The zero-order valence-corrected chi connectivity index (χ0v) is 12.2. The number of piperidine rings is 1. The Bertz CT molecular complexity index is 300. The Balaban J connectivity index is 2.09. The van der Waals surface area contributed by atoms with Gasteiger partial charge in [0.25, 0.3) is 0 Å². The van der Waals surface area contributed by atoms with Crippen molar-refractivity contribution in [3.8, 4) is 0 Å². The van der Waals surface area contributed by atoms with Crippen molar-refractivity contribution in [3.63, 3.8) is 0 Å². The summed E-state index contributed by atoms with van der Waals surface area (Å²) in [5, 5.41) is 3.44. The fourth-order valence-electron chi connectivity index (χ4n) is 3.57. The van der Waals surface area contributed by atoms with E-state index >= 15 is 0 Å². The monoisotopic (exact) mass is 252 g/mol. The molecule has 3 heteroatoms. The Kier molecular flexibility index (Phi) is 4.00. The molecule has 1 unspecified atom stereocenters. The molecule has 2 saturated heterocycles. The summed E-state index contributed by atoms with van der Waals surface area (Å²) in [7, 11) is 0. The molecule has 0 aromatic heterocycles. The number of carbonyl (C=O) groups excluding carboxylic acids is 1. The van der Waals surface area contributed by atoms with E-state index in [1.165, 1.54) is 0 Å². The molecule has 0 spiro atoms. The van der Waals surface area contributed by atoms with Crippen LogP contribution < -0.4 is 5.32 Å². The van der Waals surface area contributed by atoms with Crippen LogP contribution in [0.15, 0.2) is 0 Å². The van der Waals surface area contributed by atoms with E-state index in [0.29, 0.717) is 11.3 Å². The third-order valence-electron chi connectivity index (χ3n) is 4.62. The van der Waals surface area contributed by atoms with Crippen molar-refractivity contribution in [2.75, 3.05) is 26.2 Å². The summed E-state index contributed by atoms with van der Waals surface area (Å²) in [6, 6.07) is 0. The van der Waals surface area contributed by atoms with Crippen LogP contribution in [-0.2, 0) is 4.79 Å². The maximum absolute atomic E-state index is 12.9. The van der Waals surface area contributed by atoms with Crippen molar-refractivity contribution >= 4 is 5.91 Å². The molecule has 2 rings (SSSR count). The second kappa shape index (κ2) is 5.20. The van der Waals surface area contributed by atoms with E-state index in [4.69, 9.17) is 0 Å². The van der Waals surface area contributed by atoms with E-state index in [-0.39, 0.29) is 5.41 Å². The zero-order chi connectivity index (χ0) is 13.2. The standard InChI is InChI=1S/C15H28N2O/c1-4-6-15(7-5-9-16-11-15)13(18)17-10-8-14(2,3)12-17/h16H,4-12H2,1-3H3. The molecule has 18 heavy (non-hydrogen) atoms. The quantitative estimate of drug-likeness (QED) is 0.836. The first-order valence-corrected chi connectivity index (χ1v) is 7.49. The fraction of sp³-hybridized carbons (Fsp3) is 0.933. The first kappa shape index (κ1) is 13.9. The molecule has 1 N–H and O–H groups in total. The molecule has 0 saturated carbocycles. The summed E-state index contributed by atoms with van der Waals surface area (Å²) in [6.45, 7) is 10.6. The molecule has 2 aliphatic rings. The van der Waals surface area contributed by atoms with Crippen LogP contribution >= 0.6 is 0 Å². The number of carbonyl (C=O) groups is 1. The molecule has 2 aliphatic heterocycles. The molecular weight excluding hydrogens is 224 g/mol. The minimum atomic E-state index is -0.104. The van der Waals surface area contributed by atoms with Gasteiger partial charge in [-0.3, -0.25) is 4.79 Å². The predicted molar refractivity (Wildman–Crippen MR) is 74.4 cm³/mol. The lowest BCUT2D eigenvalue weighted by Crippen LogP contribution is -2.51. The van der Waals surface area contributed by atoms with E-state index < -0.39 is 0 Å². The highest BCUT2D eigenvalue weighted by Gasteiger charge is 2.44. The lowest BCUT2D eigenvalue weighted by molar-refractivity contribution is -0.143. The number of amides is 1. The Hall–Kier alpha value is -0.570. The van der Waals surface area contributed by atoms with Crippen molar-refractivity contribution in [1.82, 2.24) is 10.2 Å². The van der Waals surface area contributed by atoms with Crippen LogP contribution in [0, 0.1) is 10.8 Å². The highest BCUT2D eigenvalue weighted by Crippen LogP contribution is 2.37. The van der Waals surface area contributed by atoms with E-state index in [0.717, 1.165) is 58.3 Å². The van der Waals surface area contributed by atoms with Gasteiger partial charge in [-0.2, -0.15) is 0 Å². The van der Waals surface area contributed by atoms with Crippen LogP contribution in [0.1, 0.15) is 52.9 Å². The molecule has 0 aromatic carbocycles. The lowest BCUT2D eigenvalue weighted by atomic mass is 9.75. The predicted octanol–water partition coefficient (Wildman–Crippen LogP) is 2.41. The number of nitrogens with one attached hydrogen (secondary N) is 1. The molecule has 2 fully saturated rings. The van der Waals surface area contributed by atoms with Gasteiger partial charge < -0.3 is 10.2 Å². The molecule has 1 atom stereocenters. The number of hydrogen-bond donors (Lipinski definition) is 1. The van der Waals surface area contributed by atoms with Crippen molar-refractivity contribution in [1.29, 1.82) is 0 Å². The first-order valence-electron chi connectivity index (χ1n) is 7.49. The third kappa shape index (κ3) is 2.71. The molecular formula is C15H28N2O. The topological polar surface area (TPSA) is 32.3 Å². The zero-order valence-electron chi connectivity index (χ0n) is 12.2. The summed E-state index contributed by atoms with van der Waals surface area (Å²) in [6.07, 6.45) is 5.50. The smallest absolute Gasteiger partial charge is 0.230 e. The SMILES string of the molecule is CCCC1(C(=O)N2CCC(C)(C)C2)CCCNC1. The minimum absolute atomic E-state index is 0.104.